The number of carbonyl (C=O) groups is 3. The molecule has 0 aliphatic heterocycles. The highest BCUT2D eigenvalue weighted by Crippen LogP contribution is 2.38. The molecule has 0 heterocycles. The second-order valence-electron chi connectivity index (χ2n) is 15.5. The van der Waals surface area contributed by atoms with E-state index < -0.39 is 16.8 Å². The zero-order valence-electron chi connectivity index (χ0n) is 35.3. The molecule has 0 bridgehead atoms. The molecule has 312 valence electrons. The number of methoxy groups -OCH3 is 1. The highest BCUT2D eigenvalue weighted by atomic mass is 16.5. The fourth-order valence-corrected chi connectivity index (χ4v) is 6.47. The van der Waals surface area contributed by atoms with Gasteiger partial charge in [0, 0.05) is 6.08 Å². The summed E-state index contributed by atoms with van der Waals surface area (Å²) in [5.74, 6) is 0.611. The number of rotatable bonds is 27. The lowest BCUT2D eigenvalue weighted by Crippen LogP contribution is -2.38. The maximum atomic E-state index is 13.2. The van der Waals surface area contributed by atoms with Crippen molar-refractivity contribution in [2.75, 3.05) is 33.5 Å². The molecule has 0 fully saturated rings. The van der Waals surface area contributed by atoms with Gasteiger partial charge in [0.05, 0.1) is 56.0 Å². The predicted molar refractivity (Wildman–Crippen MR) is 230 cm³/mol. The molecule has 0 saturated carbocycles. The smallest absolute Gasteiger partial charge is 0.330 e. The number of carbonyl (C=O) groups excluding carboxylic acids is 3. The summed E-state index contributed by atoms with van der Waals surface area (Å²) in [7, 11) is 1.34. The van der Waals surface area contributed by atoms with Crippen LogP contribution in [0, 0.1) is 22.2 Å². The molecule has 9 heteroatoms. The fourth-order valence-electron chi connectivity index (χ4n) is 6.47. The minimum atomic E-state index is -0.823. The summed E-state index contributed by atoms with van der Waals surface area (Å²) >= 11 is 0. The number of esters is 3. The first kappa shape index (κ1) is 47.0. The largest absolute Gasteiger partial charge is 0.494 e. The van der Waals surface area contributed by atoms with E-state index in [-0.39, 0.29) is 11.9 Å². The zero-order chi connectivity index (χ0) is 42.1. The van der Waals surface area contributed by atoms with E-state index >= 15 is 0 Å². The second-order valence-corrected chi connectivity index (χ2v) is 15.5. The van der Waals surface area contributed by atoms with Crippen molar-refractivity contribution < 1.29 is 38.1 Å². The first-order chi connectivity index (χ1) is 28.0. The van der Waals surface area contributed by atoms with Crippen molar-refractivity contribution >= 4 is 35.6 Å². The lowest BCUT2D eigenvalue weighted by molar-refractivity contribution is -0.163. The Hall–Kier alpha value is -5.36. The van der Waals surface area contributed by atoms with Crippen molar-refractivity contribution in [3.63, 3.8) is 0 Å². The third kappa shape index (κ3) is 17.4. The van der Waals surface area contributed by atoms with Gasteiger partial charge in [-0.1, -0.05) is 75.1 Å². The van der Waals surface area contributed by atoms with Crippen LogP contribution in [-0.4, -0.2) is 51.4 Å². The number of allylic oxidation sites excluding steroid dienone is 1. The van der Waals surface area contributed by atoms with Gasteiger partial charge in [-0.05, 0) is 137 Å². The Balaban J connectivity index is 1.21. The van der Waals surface area contributed by atoms with E-state index in [1.165, 1.54) is 13.2 Å². The Morgan fingerprint density at radius 1 is 0.638 bits per heavy atom. The van der Waals surface area contributed by atoms with E-state index in [2.05, 4.69) is 10.8 Å². The molecule has 3 aromatic carbocycles. The summed E-state index contributed by atoms with van der Waals surface area (Å²) in [5, 5.41) is 9.62. The first-order valence-corrected chi connectivity index (χ1v) is 20.7. The fraction of sp³-hybridized carbons (Fsp3) is 0.469. The number of nitriles is 1. The summed E-state index contributed by atoms with van der Waals surface area (Å²) in [5.41, 5.74) is 1.74. The van der Waals surface area contributed by atoms with Crippen LogP contribution in [0.5, 0.6) is 11.5 Å². The zero-order valence-corrected chi connectivity index (χ0v) is 35.3. The number of hydrogen-bond acceptors (Lipinski definition) is 9. The van der Waals surface area contributed by atoms with Gasteiger partial charge in [-0.2, -0.15) is 5.26 Å². The van der Waals surface area contributed by atoms with E-state index in [1.54, 1.807) is 6.08 Å². The summed E-state index contributed by atoms with van der Waals surface area (Å²) in [4.78, 5) is 37.5. The maximum absolute atomic E-state index is 13.2. The van der Waals surface area contributed by atoms with Crippen LogP contribution >= 0.6 is 0 Å². The number of nitrogens with zero attached hydrogens (tertiary/aromatic N) is 1. The Bertz CT molecular complexity index is 1770. The summed E-state index contributed by atoms with van der Waals surface area (Å²) in [6, 6.07) is 27.2. The van der Waals surface area contributed by atoms with Gasteiger partial charge < -0.3 is 23.7 Å². The standard InChI is InChI=1S/C49H63NO8/c1-6-49(4,38-48(2,3)46(52)57-34-19-12-11-17-33-55-43-27-22-39(23-28-43)24-31-45(51)54-5)47(53)58-35-18-10-8-7-9-16-32-56-44-29-25-41(26-30-44)42(37-50)36-40-20-14-13-15-21-40/h13-15,20-31,36H,6-12,16-19,32-35,38H2,1-5H3/b31-24+,42-36+. The summed E-state index contributed by atoms with van der Waals surface area (Å²) < 4.78 is 27.7. The maximum Gasteiger partial charge on any atom is 0.330 e. The van der Waals surface area contributed by atoms with E-state index in [1.807, 2.05) is 113 Å². The SMILES string of the molecule is CCC(C)(CC(C)(C)C(=O)OCCCCCCOc1ccc(/C=C/C(=O)OC)cc1)C(=O)OCCCCCCCCOc1ccc(/C(C#N)=C/c2ccccc2)cc1. The predicted octanol–water partition coefficient (Wildman–Crippen LogP) is 11.2. The minimum absolute atomic E-state index is 0.259. The molecule has 9 nitrogen and oxygen atoms in total. The van der Waals surface area contributed by atoms with E-state index in [0.29, 0.717) is 44.8 Å². The second kappa shape index (κ2) is 25.8. The average Bonchev–Trinajstić information content (AvgIpc) is 3.24. The van der Waals surface area contributed by atoms with Crippen molar-refractivity contribution in [1.82, 2.24) is 0 Å². The molecule has 0 N–H and O–H groups in total. The van der Waals surface area contributed by atoms with Gasteiger partial charge in [0.2, 0.25) is 0 Å². The van der Waals surface area contributed by atoms with E-state index in [4.69, 9.17) is 18.9 Å². The summed E-state index contributed by atoms with van der Waals surface area (Å²) in [6.07, 6.45) is 15.3. The Morgan fingerprint density at radius 3 is 1.66 bits per heavy atom. The monoisotopic (exact) mass is 793 g/mol. The van der Waals surface area contributed by atoms with Gasteiger partial charge in [0.15, 0.2) is 0 Å². The average molecular weight is 794 g/mol. The molecular formula is C49H63NO8. The molecule has 1 unspecified atom stereocenters. The van der Waals surface area contributed by atoms with Crippen molar-refractivity contribution in [1.29, 1.82) is 5.26 Å². The molecule has 0 aliphatic carbocycles. The number of benzene rings is 3. The molecule has 0 aliphatic rings. The molecule has 58 heavy (non-hydrogen) atoms. The van der Waals surface area contributed by atoms with Crippen LogP contribution in [0.4, 0.5) is 0 Å². The molecule has 0 saturated heterocycles. The third-order valence-electron chi connectivity index (χ3n) is 10.1. The molecule has 3 aromatic rings. The molecular weight excluding hydrogens is 731 g/mol. The molecule has 1 atom stereocenters. The number of ether oxygens (including phenoxy) is 5. The van der Waals surface area contributed by atoms with Crippen LogP contribution in [0.25, 0.3) is 17.7 Å². The Kier molecular flexibility index (Phi) is 20.9. The highest BCUT2D eigenvalue weighted by molar-refractivity contribution is 5.89. The highest BCUT2D eigenvalue weighted by Gasteiger charge is 2.42. The third-order valence-corrected chi connectivity index (χ3v) is 10.1. The van der Waals surface area contributed by atoms with Gasteiger partial charge in [0.1, 0.15) is 11.5 Å². The van der Waals surface area contributed by atoms with Crippen molar-refractivity contribution in [3.8, 4) is 17.6 Å². The molecule has 0 spiro atoms. The van der Waals surface area contributed by atoms with Gasteiger partial charge in [0.25, 0.3) is 0 Å². The van der Waals surface area contributed by atoms with Gasteiger partial charge in [-0.3, -0.25) is 9.59 Å². The van der Waals surface area contributed by atoms with Gasteiger partial charge in [-0.25, -0.2) is 4.79 Å². The quantitative estimate of drug-likeness (QED) is 0.0185. The summed E-state index contributed by atoms with van der Waals surface area (Å²) in [6.45, 7) is 9.46. The Morgan fingerprint density at radius 2 is 1.14 bits per heavy atom. The van der Waals surface area contributed by atoms with E-state index in [9.17, 15) is 19.6 Å². The number of unbranched alkanes of at least 4 members (excludes halogenated alkanes) is 8. The first-order valence-electron chi connectivity index (χ1n) is 20.7. The lowest BCUT2D eigenvalue weighted by atomic mass is 9.72. The van der Waals surface area contributed by atoms with Crippen molar-refractivity contribution in [3.05, 3.63) is 102 Å². The van der Waals surface area contributed by atoms with E-state index in [0.717, 1.165) is 92.4 Å². The van der Waals surface area contributed by atoms with Crippen LogP contribution in [0.1, 0.15) is 121 Å². The van der Waals surface area contributed by atoms with Crippen molar-refractivity contribution in [2.24, 2.45) is 10.8 Å². The Labute approximate surface area is 346 Å². The van der Waals surface area contributed by atoms with Crippen LogP contribution in [-0.2, 0) is 28.6 Å². The van der Waals surface area contributed by atoms with Crippen LogP contribution in [0.15, 0.2) is 84.9 Å². The van der Waals surface area contributed by atoms with Gasteiger partial charge in [-0.15, -0.1) is 0 Å². The normalized spacial score (nSPS) is 12.7. The van der Waals surface area contributed by atoms with Crippen molar-refractivity contribution in [2.45, 2.75) is 105 Å². The molecule has 3 rings (SSSR count). The lowest BCUT2D eigenvalue weighted by Gasteiger charge is -2.33. The minimum Gasteiger partial charge on any atom is -0.494 e. The van der Waals surface area contributed by atoms with Crippen LogP contribution in [0.2, 0.25) is 0 Å². The molecule has 0 radical (unpaired) electrons. The molecule has 0 amide bonds. The van der Waals surface area contributed by atoms with Gasteiger partial charge >= 0.3 is 17.9 Å². The van der Waals surface area contributed by atoms with Crippen LogP contribution < -0.4 is 9.47 Å². The topological polar surface area (TPSA) is 121 Å². The number of hydrogen-bond donors (Lipinski definition) is 0. The molecule has 0 aromatic heterocycles. The van der Waals surface area contributed by atoms with Crippen LogP contribution in [0.3, 0.4) is 0 Å².